The Balaban J connectivity index is 1.31. The van der Waals surface area contributed by atoms with Gasteiger partial charge < -0.3 is 0 Å². The number of nitrogens with zero attached hydrogens (tertiary/aromatic N) is 2. The quantitative estimate of drug-likeness (QED) is 0.160. The van der Waals surface area contributed by atoms with Crippen molar-refractivity contribution >= 4 is 48.1 Å². The lowest BCUT2D eigenvalue weighted by atomic mass is 9.67. The molecule has 9 rings (SSSR count). The summed E-state index contributed by atoms with van der Waals surface area (Å²) in [6.07, 6.45) is 4.31. The second-order valence-electron chi connectivity index (χ2n) is 16.6. The van der Waals surface area contributed by atoms with Crippen molar-refractivity contribution in [1.29, 1.82) is 0 Å². The molecule has 53 heavy (non-hydrogen) atoms. The fourth-order valence-electron chi connectivity index (χ4n) is 8.86. The van der Waals surface area contributed by atoms with Gasteiger partial charge in [-0.05, 0) is 66.7 Å². The maximum absolute atomic E-state index is 5.23. The maximum Gasteiger partial charge on any atom is 0.0804 e. The maximum atomic E-state index is 5.23. The number of hydrogen-bond donors (Lipinski definition) is 0. The van der Waals surface area contributed by atoms with Gasteiger partial charge in [-0.15, -0.1) is 0 Å². The highest BCUT2D eigenvalue weighted by Crippen LogP contribution is 2.56. The van der Waals surface area contributed by atoms with Gasteiger partial charge in [-0.3, -0.25) is 9.97 Å². The lowest BCUT2D eigenvalue weighted by molar-refractivity contribution is 0.769. The van der Waals surface area contributed by atoms with Crippen molar-refractivity contribution in [3.8, 4) is 33.6 Å². The van der Waals surface area contributed by atoms with E-state index in [0.717, 1.165) is 22.5 Å². The Morgan fingerprint density at radius 1 is 0.396 bits per heavy atom. The molecule has 4 heteroatoms. The van der Waals surface area contributed by atoms with Gasteiger partial charge in [-0.2, -0.15) is 0 Å². The molecule has 0 fully saturated rings. The Bertz CT molecular complexity index is 2530. The molecule has 0 unspecified atom stereocenters. The molecule has 0 aliphatic heterocycles. The molecular weight excluding hydrogens is 673 g/mol. The van der Waals surface area contributed by atoms with Gasteiger partial charge in [0.05, 0.1) is 33.0 Å². The van der Waals surface area contributed by atoms with E-state index in [1.165, 1.54) is 65.3 Å². The van der Waals surface area contributed by atoms with E-state index in [1.54, 1.807) is 0 Å². The van der Waals surface area contributed by atoms with Gasteiger partial charge in [0, 0.05) is 34.3 Å². The zero-order valence-electron chi connectivity index (χ0n) is 31.4. The van der Waals surface area contributed by atoms with E-state index in [-0.39, 0.29) is 0 Å². The first kappa shape index (κ1) is 33.4. The Hall–Kier alpha value is -5.43. The molecule has 0 saturated heterocycles. The second-order valence-corrected chi connectivity index (χ2v) is 26.7. The van der Waals surface area contributed by atoms with E-state index in [1.807, 2.05) is 0 Å². The van der Waals surface area contributed by atoms with Crippen LogP contribution in [0.15, 0.2) is 158 Å². The van der Waals surface area contributed by atoms with Gasteiger partial charge in [0.2, 0.25) is 0 Å². The smallest absolute Gasteiger partial charge is 0.0804 e. The van der Waals surface area contributed by atoms with E-state index >= 15 is 0 Å². The number of rotatable bonds is 6. The molecule has 2 aromatic heterocycles. The summed E-state index contributed by atoms with van der Waals surface area (Å²) >= 11 is 0. The van der Waals surface area contributed by atoms with E-state index in [2.05, 4.69) is 197 Å². The molecule has 1 aliphatic carbocycles. The normalized spacial score (nSPS) is 13.6. The van der Waals surface area contributed by atoms with E-state index < -0.39 is 21.6 Å². The van der Waals surface area contributed by atoms with E-state index in [0.29, 0.717) is 0 Å². The average Bonchev–Trinajstić information content (AvgIpc) is 3.47. The summed E-state index contributed by atoms with van der Waals surface area (Å²) in [5, 5.41) is 7.87. The van der Waals surface area contributed by atoms with Crippen molar-refractivity contribution in [3.63, 3.8) is 0 Å². The summed E-state index contributed by atoms with van der Waals surface area (Å²) in [5.41, 5.74) is 11.4. The number of pyridine rings is 2. The van der Waals surface area contributed by atoms with Crippen LogP contribution in [0.1, 0.15) is 22.3 Å². The van der Waals surface area contributed by atoms with Crippen molar-refractivity contribution in [1.82, 2.24) is 9.97 Å². The standard InChI is InChI=1S/C49H44N2Si2/c1-52(2,3)45-31-50-47(41-25-9-7-23-39(41)45)33-17-15-19-35(29-33)49(43-27-13-11-21-37(43)38-22-12-14-28-44(38)49)36-20-16-18-34(30-36)48-42-26-10-8-24-40(42)46(32-51-48)53(4,5)6/h7-32H,1-6H3. The minimum atomic E-state index is -1.62. The van der Waals surface area contributed by atoms with Crippen LogP contribution >= 0.6 is 0 Å². The molecule has 0 spiro atoms. The summed E-state index contributed by atoms with van der Waals surface area (Å²) in [7, 11) is -3.24. The van der Waals surface area contributed by atoms with Crippen molar-refractivity contribution in [2.45, 2.75) is 44.7 Å². The largest absolute Gasteiger partial charge is 0.256 e. The summed E-state index contributed by atoms with van der Waals surface area (Å²) in [6.45, 7) is 14.4. The summed E-state index contributed by atoms with van der Waals surface area (Å²) < 4.78 is 0. The molecule has 0 bridgehead atoms. The number of fused-ring (bicyclic) bond motifs is 5. The predicted octanol–water partition coefficient (Wildman–Crippen LogP) is 11.6. The van der Waals surface area contributed by atoms with Crippen LogP contribution in [0, 0.1) is 0 Å². The highest BCUT2D eigenvalue weighted by atomic mass is 28.3. The minimum absolute atomic E-state index is 0.554. The molecule has 8 aromatic rings. The van der Waals surface area contributed by atoms with Crippen LogP contribution in [-0.4, -0.2) is 26.1 Å². The van der Waals surface area contributed by atoms with E-state index in [9.17, 15) is 0 Å². The lowest BCUT2D eigenvalue weighted by Crippen LogP contribution is -2.38. The molecule has 258 valence electrons. The first-order valence-corrected chi connectivity index (χ1v) is 25.7. The molecule has 0 amide bonds. The van der Waals surface area contributed by atoms with Crippen molar-refractivity contribution < 1.29 is 0 Å². The third-order valence-electron chi connectivity index (χ3n) is 11.3. The highest BCUT2D eigenvalue weighted by molar-refractivity contribution is 6.90. The molecule has 2 heterocycles. The molecule has 0 atom stereocenters. The average molecular weight is 717 g/mol. The summed E-state index contributed by atoms with van der Waals surface area (Å²) in [4.78, 5) is 10.5. The third-order valence-corrected chi connectivity index (χ3v) is 15.3. The number of benzene rings is 6. The molecule has 2 nitrogen and oxygen atoms in total. The Morgan fingerprint density at radius 2 is 0.774 bits per heavy atom. The van der Waals surface area contributed by atoms with Crippen LogP contribution in [-0.2, 0) is 5.41 Å². The summed E-state index contributed by atoms with van der Waals surface area (Å²) in [5.74, 6) is 0. The van der Waals surface area contributed by atoms with Crippen LogP contribution in [0.4, 0.5) is 0 Å². The lowest BCUT2D eigenvalue weighted by Gasteiger charge is -2.34. The first-order chi connectivity index (χ1) is 25.6. The summed E-state index contributed by atoms with van der Waals surface area (Å²) in [6, 6.07) is 54.1. The Kier molecular flexibility index (Phi) is 7.77. The molecule has 0 N–H and O–H groups in total. The van der Waals surface area contributed by atoms with Gasteiger partial charge in [0.1, 0.15) is 0 Å². The van der Waals surface area contributed by atoms with Crippen LogP contribution < -0.4 is 10.4 Å². The van der Waals surface area contributed by atoms with Crippen LogP contribution in [0.3, 0.4) is 0 Å². The van der Waals surface area contributed by atoms with Gasteiger partial charge in [0.15, 0.2) is 0 Å². The molecule has 6 aromatic carbocycles. The molecule has 1 aliphatic rings. The zero-order chi connectivity index (χ0) is 36.5. The number of aromatic nitrogens is 2. The van der Waals surface area contributed by atoms with Gasteiger partial charge in [0.25, 0.3) is 0 Å². The van der Waals surface area contributed by atoms with Crippen LogP contribution in [0.2, 0.25) is 39.3 Å². The van der Waals surface area contributed by atoms with Crippen molar-refractivity contribution in [3.05, 3.63) is 180 Å². The monoisotopic (exact) mass is 716 g/mol. The third kappa shape index (κ3) is 5.26. The topological polar surface area (TPSA) is 25.8 Å². The zero-order valence-corrected chi connectivity index (χ0v) is 33.4. The fraction of sp³-hybridized carbons (Fsp3) is 0.143. The van der Waals surface area contributed by atoms with Crippen LogP contribution in [0.25, 0.3) is 55.2 Å². The van der Waals surface area contributed by atoms with Gasteiger partial charge >= 0.3 is 0 Å². The minimum Gasteiger partial charge on any atom is -0.256 e. The van der Waals surface area contributed by atoms with Gasteiger partial charge in [-0.1, -0.05) is 173 Å². The van der Waals surface area contributed by atoms with E-state index in [4.69, 9.17) is 9.97 Å². The van der Waals surface area contributed by atoms with Crippen LogP contribution in [0.5, 0.6) is 0 Å². The Labute approximate surface area is 315 Å². The first-order valence-electron chi connectivity index (χ1n) is 18.7. The second kappa shape index (κ2) is 12.3. The molecule has 0 saturated carbocycles. The van der Waals surface area contributed by atoms with Gasteiger partial charge in [-0.25, -0.2) is 0 Å². The molecule has 0 radical (unpaired) electrons. The van der Waals surface area contributed by atoms with Crippen molar-refractivity contribution in [2.24, 2.45) is 0 Å². The molecular formula is C49H44N2Si2. The Morgan fingerprint density at radius 3 is 1.19 bits per heavy atom. The fourth-order valence-corrected chi connectivity index (χ4v) is 11.8. The number of hydrogen-bond acceptors (Lipinski definition) is 2. The predicted molar refractivity (Wildman–Crippen MR) is 231 cm³/mol. The highest BCUT2D eigenvalue weighted by Gasteiger charge is 2.46. The SMILES string of the molecule is C[Si](C)(C)c1cnc(-c2cccc(C3(c4cccc(-c5ncc([Si](C)(C)C)c6ccccc56)c4)c4ccccc4-c4ccccc43)c2)c2ccccc12. The van der Waals surface area contributed by atoms with Crippen molar-refractivity contribution in [2.75, 3.05) is 0 Å².